The summed E-state index contributed by atoms with van der Waals surface area (Å²) in [4.78, 5) is 29.4. The lowest BCUT2D eigenvalue weighted by molar-refractivity contribution is -0.133. The van der Waals surface area contributed by atoms with E-state index in [9.17, 15) is 4.79 Å². The van der Waals surface area contributed by atoms with Crippen LogP contribution in [0.3, 0.4) is 0 Å². The first-order valence-corrected chi connectivity index (χ1v) is 9.21. The first kappa shape index (κ1) is 18.3. The van der Waals surface area contributed by atoms with Crippen molar-refractivity contribution in [3.63, 3.8) is 0 Å². The van der Waals surface area contributed by atoms with E-state index in [0.29, 0.717) is 12.3 Å². The number of carbonyl (C=O) groups is 1. The molecule has 3 rings (SSSR count). The zero-order valence-electron chi connectivity index (χ0n) is 15.6. The highest BCUT2D eigenvalue weighted by atomic mass is 16.2. The second kappa shape index (κ2) is 8.73. The van der Waals surface area contributed by atoms with Gasteiger partial charge in [0.1, 0.15) is 18.5 Å². The number of hydrogen-bond acceptors (Lipinski definition) is 6. The molecule has 1 amide bonds. The number of anilines is 1. The maximum Gasteiger partial charge on any atom is 0.222 e. The standard InChI is InChI=1S/C18H27N7O/c1-23(2)18-16(20-7-8-21-18)11-15-5-3-9-24(12-15)17(26)6-4-10-25-14-19-13-22-25/h7-8,13-15H,3-6,9-12H2,1-2H3. The molecule has 2 aromatic heterocycles. The minimum absolute atomic E-state index is 0.238. The van der Waals surface area contributed by atoms with Gasteiger partial charge in [0.25, 0.3) is 0 Å². The Morgan fingerprint density at radius 1 is 1.31 bits per heavy atom. The number of likely N-dealkylation sites (tertiary alicyclic amines) is 1. The van der Waals surface area contributed by atoms with E-state index < -0.39 is 0 Å². The predicted molar refractivity (Wildman–Crippen MR) is 98.6 cm³/mol. The molecule has 1 fully saturated rings. The maximum atomic E-state index is 12.5. The average molecular weight is 357 g/mol. The van der Waals surface area contributed by atoms with Gasteiger partial charge in [-0.2, -0.15) is 5.10 Å². The van der Waals surface area contributed by atoms with Gasteiger partial charge in [-0.15, -0.1) is 0 Å². The summed E-state index contributed by atoms with van der Waals surface area (Å²) < 4.78 is 1.77. The van der Waals surface area contributed by atoms with Crippen LogP contribution >= 0.6 is 0 Å². The smallest absolute Gasteiger partial charge is 0.222 e. The Morgan fingerprint density at radius 3 is 2.92 bits per heavy atom. The van der Waals surface area contributed by atoms with Crippen molar-refractivity contribution in [2.75, 3.05) is 32.1 Å². The van der Waals surface area contributed by atoms with Crippen molar-refractivity contribution in [3.05, 3.63) is 30.7 Å². The third-order valence-electron chi connectivity index (χ3n) is 4.77. The third kappa shape index (κ3) is 4.77. The Bertz CT molecular complexity index is 701. The minimum atomic E-state index is 0.238. The second-order valence-electron chi connectivity index (χ2n) is 7.04. The van der Waals surface area contributed by atoms with E-state index >= 15 is 0 Å². The molecule has 0 aliphatic carbocycles. The fourth-order valence-electron chi connectivity index (χ4n) is 3.51. The quantitative estimate of drug-likeness (QED) is 0.745. The van der Waals surface area contributed by atoms with Gasteiger partial charge >= 0.3 is 0 Å². The number of hydrogen-bond donors (Lipinski definition) is 0. The second-order valence-corrected chi connectivity index (χ2v) is 7.04. The molecule has 8 heteroatoms. The van der Waals surface area contributed by atoms with Crippen molar-refractivity contribution in [3.8, 4) is 0 Å². The molecule has 1 atom stereocenters. The molecule has 140 valence electrons. The number of piperidine rings is 1. The highest BCUT2D eigenvalue weighted by molar-refractivity contribution is 5.76. The molecule has 0 saturated carbocycles. The Hall–Kier alpha value is -2.51. The molecular weight excluding hydrogens is 330 g/mol. The van der Waals surface area contributed by atoms with Crippen LogP contribution < -0.4 is 4.90 Å². The van der Waals surface area contributed by atoms with Gasteiger partial charge in [-0.05, 0) is 31.6 Å². The maximum absolute atomic E-state index is 12.5. The van der Waals surface area contributed by atoms with Gasteiger partial charge in [0.05, 0.1) is 5.69 Å². The van der Waals surface area contributed by atoms with Gasteiger partial charge in [-0.25, -0.2) is 9.97 Å². The van der Waals surface area contributed by atoms with Crippen LogP contribution in [0.2, 0.25) is 0 Å². The highest BCUT2D eigenvalue weighted by Crippen LogP contribution is 2.24. The van der Waals surface area contributed by atoms with Crippen LogP contribution in [-0.4, -0.2) is 62.7 Å². The summed E-state index contributed by atoms with van der Waals surface area (Å²) in [7, 11) is 3.97. The molecule has 1 aliphatic heterocycles. The van der Waals surface area contributed by atoms with E-state index in [1.807, 2.05) is 23.9 Å². The van der Waals surface area contributed by atoms with Crippen LogP contribution in [0.15, 0.2) is 25.0 Å². The molecule has 0 N–H and O–H groups in total. The monoisotopic (exact) mass is 357 g/mol. The number of aromatic nitrogens is 5. The van der Waals surface area contributed by atoms with E-state index in [4.69, 9.17) is 0 Å². The number of aryl methyl sites for hydroxylation is 1. The van der Waals surface area contributed by atoms with E-state index in [1.165, 1.54) is 6.33 Å². The van der Waals surface area contributed by atoms with Crippen molar-refractivity contribution < 1.29 is 4.79 Å². The van der Waals surface area contributed by atoms with Gasteiger partial charge in [-0.3, -0.25) is 14.5 Å². The first-order valence-electron chi connectivity index (χ1n) is 9.21. The number of nitrogens with zero attached hydrogens (tertiary/aromatic N) is 7. The normalized spacial score (nSPS) is 17.3. The molecule has 0 spiro atoms. The van der Waals surface area contributed by atoms with Crippen molar-refractivity contribution in [2.45, 2.75) is 38.6 Å². The fraction of sp³-hybridized carbons (Fsp3) is 0.611. The SMILES string of the molecule is CN(C)c1nccnc1CC1CCCN(C(=O)CCCn2cncn2)C1. The summed E-state index contributed by atoms with van der Waals surface area (Å²) in [6, 6.07) is 0. The Labute approximate surface area is 154 Å². The summed E-state index contributed by atoms with van der Waals surface area (Å²) in [6.45, 7) is 2.40. The zero-order valence-corrected chi connectivity index (χ0v) is 15.6. The van der Waals surface area contributed by atoms with Crippen LogP contribution in [0.1, 0.15) is 31.4 Å². The summed E-state index contributed by atoms with van der Waals surface area (Å²) in [5, 5.41) is 4.07. The molecule has 3 heterocycles. The molecule has 1 saturated heterocycles. The highest BCUT2D eigenvalue weighted by Gasteiger charge is 2.25. The van der Waals surface area contributed by atoms with Crippen molar-refractivity contribution in [2.24, 2.45) is 5.92 Å². The lowest BCUT2D eigenvalue weighted by Crippen LogP contribution is -2.40. The summed E-state index contributed by atoms with van der Waals surface area (Å²) in [5.74, 6) is 1.60. The average Bonchev–Trinajstić information content (AvgIpc) is 3.15. The van der Waals surface area contributed by atoms with Crippen molar-refractivity contribution in [1.82, 2.24) is 29.6 Å². The molecule has 0 aromatic carbocycles. The lowest BCUT2D eigenvalue weighted by atomic mass is 9.93. The molecular formula is C18H27N7O. The van der Waals surface area contributed by atoms with Crippen molar-refractivity contribution >= 4 is 11.7 Å². The molecule has 8 nitrogen and oxygen atoms in total. The Morgan fingerprint density at radius 2 is 2.15 bits per heavy atom. The number of amides is 1. The Balaban J connectivity index is 1.51. The van der Waals surface area contributed by atoms with Crippen LogP contribution in [0, 0.1) is 5.92 Å². The van der Waals surface area contributed by atoms with Crippen LogP contribution in [0.25, 0.3) is 0 Å². The fourth-order valence-corrected chi connectivity index (χ4v) is 3.51. The van der Waals surface area contributed by atoms with Crippen LogP contribution in [0.5, 0.6) is 0 Å². The van der Waals surface area contributed by atoms with Crippen molar-refractivity contribution in [1.29, 1.82) is 0 Å². The summed E-state index contributed by atoms with van der Waals surface area (Å²) in [6.07, 6.45) is 11.1. The largest absolute Gasteiger partial charge is 0.361 e. The molecule has 1 unspecified atom stereocenters. The first-order chi connectivity index (χ1) is 12.6. The van der Waals surface area contributed by atoms with Gasteiger partial charge in [0.2, 0.25) is 5.91 Å². The van der Waals surface area contributed by atoms with Gasteiger partial charge in [-0.1, -0.05) is 0 Å². The molecule has 2 aromatic rings. The zero-order chi connectivity index (χ0) is 18.4. The van der Waals surface area contributed by atoms with E-state index in [1.54, 1.807) is 23.4 Å². The van der Waals surface area contributed by atoms with Gasteiger partial charge < -0.3 is 9.80 Å². The molecule has 26 heavy (non-hydrogen) atoms. The van der Waals surface area contributed by atoms with E-state index in [-0.39, 0.29) is 5.91 Å². The number of carbonyl (C=O) groups excluding carboxylic acids is 1. The van der Waals surface area contributed by atoms with Crippen LogP contribution in [0.4, 0.5) is 5.82 Å². The third-order valence-corrected chi connectivity index (χ3v) is 4.77. The summed E-state index contributed by atoms with van der Waals surface area (Å²) in [5.41, 5.74) is 1.02. The molecule has 0 radical (unpaired) electrons. The van der Waals surface area contributed by atoms with Gasteiger partial charge in [0.15, 0.2) is 0 Å². The lowest BCUT2D eigenvalue weighted by Gasteiger charge is -2.33. The number of rotatable bonds is 7. The van der Waals surface area contributed by atoms with Crippen LogP contribution in [-0.2, 0) is 17.8 Å². The topological polar surface area (TPSA) is 80.0 Å². The predicted octanol–water partition coefficient (Wildman–Crippen LogP) is 1.40. The van der Waals surface area contributed by atoms with E-state index in [2.05, 4.69) is 20.1 Å². The summed E-state index contributed by atoms with van der Waals surface area (Å²) >= 11 is 0. The Kier molecular flexibility index (Phi) is 6.14. The molecule has 0 bridgehead atoms. The van der Waals surface area contributed by atoms with Gasteiger partial charge in [0, 0.05) is 52.5 Å². The molecule has 1 aliphatic rings. The minimum Gasteiger partial charge on any atom is -0.361 e. The van der Waals surface area contributed by atoms with E-state index in [0.717, 1.165) is 56.8 Å².